The molecule has 0 aromatic heterocycles. The largest absolute Gasteiger partial charge is 0.508 e. The Bertz CT molecular complexity index is 5500. The maximum absolute atomic E-state index is 14.9. The van der Waals surface area contributed by atoms with Gasteiger partial charge in [-0.1, -0.05) is 188 Å². The molecule has 18 aliphatic rings. The highest BCUT2D eigenvalue weighted by molar-refractivity contribution is 6.60. The summed E-state index contributed by atoms with van der Waals surface area (Å²) in [6.45, 7) is 2.11. The van der Waals surface area contributed by atoms with Crippen molar-refractivity contribution in [1.29, 1.82) is 0 Å². The van der Waals surface area contributed by atoms with E-state index < -0.39 is 0 Å². The Kier molecular flexibility index (Phi) is 18.8. The van der Waals surface area contributed by atoms with Crippen LogP contribution in [-0.4, -0.2) is 28.9 Å². The minimum atomic E-state index is -0.351. The van der Waals surface area contributed by atoms with Gasteiger partial charge >= 0.3 is 0 Å². The Labute approximate surface area is 706 Å². The highest BCUT2D eigenvalue weighted by atomic mass is 19.1. The molecule has 0 atom stereocenters. The predicted octanol–water partition coefficient (Wildman–Crippen LogP) is 26.9. The molecule has 16 saturated carbocycles. The SMILES string of the molecule is COc1cc(Oc2ccc(C3=C(c4ccccc4)C(=O)C(c4ccccc4)=C3c3ccc(C)cc3)cc2)c(C23CC4CC(CC(C4)C2)C3)cc1C12CC3CC(CC(C3)C1)C2.O=C1C(c2ccccc2)=C(c2ccc(F)cc2)C(c2ccc(F)cc2)=C1c1ccccc1.Oc1cc(O)c(C23CC4CC(CC(C4)C2)C3)cc1C12CC3CC(CC(C3)C1)C2. The van der Waals surface area contributed by atoms with Gasteiger partial charge in [0.1, 0.15) is 40.4 Å². The van der Waals surface area contributed by atoms with Gasteiger partial charge in [0, 0.05) is 79.0 Å². The van der Waals surface area contributed by atoms with Gasteiger partial charge < -0.3 is 19.7 Å². The molecule has 16 bridgehead atoms. The van der Waals surface area contributed by atoms with E-state index in [4.69, 9.17) is 9.47 Å². The van der Waals surface area contributed by atoms with Crippen molar-refractivity contribution in [3.63, 3.8) is 0 Å². The second kappa shape index (κ2) is 29.7. The summed E-state index contributed by atoms with van der Waals surface area (Å²) in [5.74, 6) is 13.2. The molecule has 2 N–H and O–H groups in total. The second-order valence-electron chi connectivity index (χ2n) is 40.4. The molecule has 16 fully saturated rings. The smallest absolute Gasteiger partial charge is 0.195 e. The molecule has 28 rings (SSSR count). The Morgan fingerprint density at radius 2 is 0.508 bits per heavy atom. The molecule has 8 heteroatoms. The van der Waals surface area contributed by atoms with Gasteiger partial charge in [0.25, 0.3) is 0 Å². The van der Waals surface area contributed by atoms with Gasteiger partial charge in [-0.2, -0.15) is 0 Å². The van der Waals surface area contributed by atoms with Crippen LogP contribution in [0.4, 0.5) is 8.78 Å². The zero-order valence-corrected chi connectivity index (χ0v) is 69.3. The lowest BCUT2D eigenvalue weighted by Crippen LogP contribution is -2.50. The summed E-state index contributed by atoms with van der Waals surface area (Å²) >= 11 is 0. The average molecular weight is 1590 g/mol. The topological polar surface area (TPSA) is 93.1 Å². The van der Waals surface area contributed by atoms with E-state index in [-0.39, 0.29) is 44.9 Å². The van der Waals surface area contributed by atoms with Crippen molar-refractivity contribution in [3.05, 3.63) is 327 Å². The predicted molar refractivity (Wildman–Crippen MR) is 476 cm³/mol. The number of benzene rings is 10. The monoisotopic (exact) mass is 1590 g/mol. The minimum Gasteiger partial charge on any atom is -0.508 e. The van der Waals surface area contributed by atoms with Crippen LogP contribution in [0, 0.1) is 89.6 Å². The van der Waals surface area contributed by atoms with Crippen LogP contribution in [0.25, 0.3) is 44.6 Å². The summed E-state index contributed by atoms with van der Waals surface area (Å²) in [6.07, 6.45) is 32.7. The van der Waals surface area contributed by atoms with E-state index in [1.807, 2.05) is 104 Å². The van der Waals surface area contributed by atoms with Crippen LogP contribution in [0.1, 0.15) is 226 Å². The number of ether oxygens (including phenoxy) is 2. The molecular formula is C112H108F2O6. The number of carbonyl (C=O) groups is 2. The molecule has 0 spiro atoms. The standard InChI is InChI=1S/C57H56O3.C29H18F2O.C26H34O2/c1-35-13-15-44(16-14-35)51-52(54(43-11-7-4-8-12-43)55(58)53(51)42-9-5-3-6-10-42)45-17-19-46(20-18-45)60-50-28-49(59-2)47(56-29-36-21-37(30-56)23-38(22-36)31-56)27-48(50)57-32-39-24-40(33-57)26-41(25-39)34-57;30-23-15-11-21(12-16-23)25-26(22-13-17-24(31)18-14-22)28(20-9-5-2-6-10-20)29(32)27(25)19-7-3-1-4-8-19;27-23-8-24(28)22(26-12-18-4-19(13-26)6-20(5-18)14-26)7-21(23)25-9-15-1-16(10-25)3-17(2-15)11-25/h3-20,27-28,36-41H,21-26,29-34H2,1-2H3;1-18H;7-8,15-20,27-28H,1-6,9-14H2. The van der Waals surface area contributed by atoms with Crippen molar-refractivity contribution in [2.24, 2.45) is 71.0 Å². The van der Waals surface area contributed by atoms with Crippen LogP contribution in [0.5, 0.6) is 28.7 Å². The first-order valence-electron chi connectivity index (χ1n) is 45.4. The Balaban J connectivity index is 0.000000120. The van der Waals surface area contributed by atoms with Gasteiger partial charge in [0.05, 0.1) is 7.11 Å². The molecule has 0 saturated heterocycles. The number of halogens is 2. The van der Waals surface area contributed by atoms with Gasteiger partial charge in [0.15, 0.2) is 11.6 Å². The van der Waals surface area contributed by atoms with Crippen molar-refractivity contribution in [2.45, 2.75) is 183 Å². The number of rotatable bonds is 15. The average Bonchev–Trinajstić information content (AvgIpc) is 1.13. The van der Waals surface area contributed by atoms with E-state index >= 15 is 0 Å². The highest BCUT2D eigenvalue weighted by Gasteiger charge is 2.59. The molecule has 6 nitrogen and oxygen atoms in total. The second-order valence-corrected chi connectivity index (χ2v) is 40.4. The number of ketones is 2. The lowest BCUT2D eigenvalue weighted by atomic mass is 9.46. The Morgan fingerprint density at radius 3 is 0.783 bits per heavy atom. The summed E-state index contributed by atoms with van der Waals surface area (Å²) in [7, 11) is 1.88. The molecular weight excluding hydrogens is 1480 g/mol. The molecule has 0 aliphatic heterocycles. The van der Waals surface area contributed by atoms with Crippen molar-refractivity contribution in [3.8, 4) is 28.7 Å². The quantitative estimate of drug-likeness (QED) is 0.106. The first-order valence-corrected chi connectivity index (χ1v) is 45.4. The zero-order valence-electron chi connectivity index (χ0n) is 69.3. The van der Waals surface area contributed by atoms with Gasteiger partial charge in [-0.15, -0.1) is 0 Å². The maximum atomic E-state index is 14.9. The Morgan fingerprint density at radius 1 is 0.275 bits per heavy atom. The number of aromatic hydroxyl groups is 2. The minimum absolute atomic E-state index is 0.0599. The third-order valence-electron chi connectivity index (χ3n) is 32.5. The number of allylic oxidation sites excluding steroid dienone is 8. The van der Waals surface area contributed by atoms with Crippen molar-refractivity contribution < 1.29 is 38.1 Å². The van der Waals surface area contributed by atoms with Crippen LogP contribution in [0.15, 0.2) is 243 Å². The van der Waals surface area contributed by atoms with Gasteiger partial charge in [-0.05, 0) is 347 Å². The van der Waals surface area contributed by atoms with E-state index in [1.54, 1.807) is 30.3 Å². The molecule has 10 aromatic carbocycles. The third kappa shape index (κ3) is 13.3. The molecule has 10 aromatic rings. The summed E-state index contributed by atoms with van der Waals surface area (Å²) in [6, 6.07) is 77.9. The normalized spacial score (nSPS) is 31.0. The lowest BCUT2D eigenvalue weighted by Gasteiger charge is -2.58. The number of methoxy groups -OCH3 is 1. The molecule has 0 amide bonds. The number of carbonyl (C=O) groups excluding carboxylic acids is 2. The van der Waals surface area contributed by atoms with E-state index in [0.29, 0.717) is 33.8 Å². The van der Waals surface area contributed by atoms with Gasteiger partial charge in [-0.25, -0.2) is 8.78 Å². The van der Waals surface area contributed by atoms with Crippen molar-refractivity contribution >= 4 is 56.2 Å². The summed E-state index contributed by atoms with van der Waals surface area (Å²) in [5, 5.41) is 22.0. The first kappa shape index (κ1) is 75.7. The Hall–Kier alpha value is -10.4. The van der Waals surface area contributed by atoms with Crippen molar-refractivity contribution in [2.75, 3.05) is 7.11 Å². The maximum Gasteiger partial charge on any atom is 0.195 e. The summed E-state index contributed by atoms with van der Waals surface area (Å²) in [5.41, 5.74) is 20.3. The van der Waals surface area contributed by atoms with E-state index in [9.17, 15) is 28.6 Å². The summed E-state index contributed by atoms with van der Waals surface area (Å²) < 4.78 is 41.1. The molecule has 18 aliphatic carbocycles. The van der Waals surface area contributed by atoms with E-state index in [0.717, 1.165) is 155 Å². The molecule has 606 valence electrons. The molecule has 0 unspecified atom stereocenters. The molecule has 120 heavy (non-hydrogen) atoms. The zero-order chi connectivity index (χ0) is 80.9. The van der Waals surface area contributed by atoms with Gasteiger partial charge in [0.2, 0.25) is 0 Å². The molecule has 0 heterocycles. The van der Waals surface area contributed by atoms with E-state index in [2.05, 4.69) is 97.9 Å². The fraction of sp³-hybridized carbons (Fsp3) is 0.375. The number of phenolic OH excluding ortho intramolecular Hbond substituents is 2. The summed E-state index contributed by atoms with van der Waals surface area (Å²) in [4.78, 5) is 28.8. The van der Waals surface area contributed by atoms with Crippen LogP contribution >= 0.6 is 0 Å². The first-order chi connectivity index (χ1) is 58.5. The highest BCUT2D eigenvalue weighted by Crippen LogP contribution is 2.69. The number of aryl methyl sites for hydroxylation is 1. The number of Topliss-reactive ketones (excluding diaryl/α,β-unsaturated/α-hetero) is 2. The lowest BCUT2D eigenvalue weighted by molar-refractivity contribution is -0.109. The van der Waals surface area contributed by atoms with Crippen LogP contribution in [0.2, 0.25) is 0 Å². The van der Waals surface area contributed by atoms with E-state index in [1.165, 1.54) is 206 Å². The number of hydrogen-bond acceptors (Lipinski definition) is 6. The van der Waals surface area contributed by atoms with Gasteiger partial charge in [-0.3, -0.25) is 9.59 Å². The van der Waals surface area contributed by atoms with Crippen LogP contribution in [0.3, 0.4) is 0 Å². The number of phenols is 2. The van der Waals surface area contributed by atoms with Crippen LogP contribution < -0.4 is 9.47 Å². The molecule has 0 radical (unpaired) electrons. The number of hydrogen-bond donors (Lipinski definition) is 2. The van der Waals surface area contributed by atoms with Crippen molar-refractivity contribution in [1.82, 2.24) is 0 Å². The van der Waals surface area contributed by atoms with Crippen LogP contribution in [-0.2, 0) is 31.2 Å². The fourth-order valence-electron chi connectivity index (χ4n) is 29.5. The third-order valence-corrected chi connectivity index (χ3v) is 32.5. The fourth-order valence-corrected chi connectivity index (χ4v) is 29.5.